The summed E-state index contributed by atoms with van der Waals surface area (Å²) in [5, 5.41) is 3.41. The van der Waals surface area contributed by atoms with Gasteiger partial charge in [-0.05, 0) is 36.4 Å². The van der Waals surface area contributed by atoms with Crippen molar-refractivity contribution >= 4 is 40.3 Å². The predicted octanol–water partition coefficient (Wildman–Crippen LogP) is 6.44. The van der Waals surface area contributed by atoms with Crippen LogP contribution in [0.5, 0.6) is 17.5 Å². The molecule has 0 aliphatic heterocycles. The van der Waals surface area contributed by atoms with Gasteiger partial charge in [0.1, 0.15) is 23.1 Å². The number of fused-ring (bicyclic) bond motifs is 1. The summed E-state index contributed by atoms with van der Waals surface area (Å²) in [5.74, 6) is 0.393. The fraction of sp³-hybridized carbons (Fsp3) is 0.222. The molecule has 0 saturated heterocycles. The molecule has 0 unspecified atom stereocenters. The molecule has 13 heteroatoms. The van der Waals surface area contributed by atoms with E-state index < -0.39 is 17.8 Å². The van der Waals surface area contributed by atoms with Gasteiger partial charge in [0, 0.05) is 30.8 Å². The van der Waals surface area contributed by atoms with Crippen molar-refractivity contribution in [2.45, 2.75) is 11.2 Å². The van der Waals surface area contributed by atoms with Crippen LogP contribution in [0.1, 0.15) is 5.56 Å². The fourth-order valence-electron chi connectivity index (χ4n) is 3.62. The van der Waals surface area contributed by atoms with Crippen LogP contribution >= 0.6 is 11.9 Å². The molecule has 4 aromatic rings. The van der Waals surface area contributed by atoms with Gasteiger partial charge in [-0.3, -0.25) is 0 Å². The first-order valence-electron chi connectivity index (χ1n) is 11.8. The van der Waals surface area contributed by atoms with Crippen LogP contribution in [0.2, 0.25) is 0 Å². The molecule has 0 radical (unpaired) electrons. The lowest BCUT2D eigenvalue weighted by Crippen LogP contribution is -2.29. The Bertz CT molecular complexity index is 1470. The highest BCUT2D eigenvalue weighted by atomic mass is 32.2. The largest absolute Gasteiger partial charge is 0.496 e. The van der Waals surface area contributed by atoms with Crippen molar-refractivity contribution in [3.05, 3.63) is 72.3 Å². The number of ether oxygens (including phenoxy) is 4. The zero-order valence-electron chi connectivity index (χ0n) is 21.7. The molecule has 210 valence electrons. The van der Waals surface area contributed by atoms with E-state index in [1.54, 1.807) is 48.5 Å². The van der Waals surface area contributed by atoms with Crippen LogP contribution in [0.15, 0.2) is 71.8 Å². The quantitative estimate of drug-likeness (QED) is 0.131. The third-order valence-electron chi connectivity index (χ3n) is 5.43. The number of rotatable bonds is 10. The maximum absolute atomic E-state index is 13.6. The molecule has 40 heavy (non-hydrogen) atoms. The third-order valence-corrected chi connectivity index (χ3v) is 6.46. The Morgan fingerprint density at radius 2 is 1.73 bits per heavy atom. The Balaban J connectivity index is 1.74. The Kier molecular flexibility index (Phi) is 9.17. The number of urea groups is 1. The summed E-state index contributed by atoms with van der Waals surface area (Å²) in [7, 11) is 4.36. The van der Waals surface area contributed by atoms with Gasteiger partial charge in [0.05, 0.1) is 43.0 Å². The zero-order chi connectivity index (χ0) is 28.7. The van der Waals surface area contributed by atoms with Gasteiger partial charge < -0.3 is 24.3 Å². The Labute approximate surface area is 232 Å². The topological polar surface area (TPSA) is 95.0 Å². The molecular weight excluding hydrogens is 549 g/mol. The molecule has 9 nitrogen and oxygen atoms in total. The molecule has 0 fully saturated rings. The van der Waals surface area contributed by atoms with Gasteiger partial charge in [0.2, 0.25) is 0 Å². The number of hydrogen-bond acceptors (Lipinski definition) is 8. The number of anilines is 2. The van der Waals surface area contributed by atoms with E-state index in [9.17, 15) is 18.0 Å². The lowest BCUT2D eigenvalue weighted by molar-refractivity contribution is -0.137. The maximum Gasteiger partial charge on any atom is 0.416 e. The second kappa shape index (κ2) is 12.7. The molecule has 0 aliphatic carbocycles. The van der Waals surface area contributed by atoms with Gasteiger partial charge in [-0.25, -0.2) is 9.10 Å². The SMILES string of the molecule is COCCOc1cc(NC(=O)N(Sc2nc(OC)nc3cccc(OC)c23)c2ccccc2)cc(C(F)(F)F)c1. The zero-order valence-corrected chi connectivity index (χ0v) is 22.5. The molecule has 0 saturated carbocycles. The molecular formula is C27H25F3N4O5S. The van der Waals surface area contributed by atoms with Gasteiger partial charge in [0.25, 0.3) is 0 Å². The van der Waals surface area contributed by atoms with E-state index in [2.05, 4.69) is 15.3 Å². The first kappa shape index (κ1) is 28.8. The number of benzene rings is 3. The lowest BCUT2D eigenvalue weighted by atomic mass is 10.2. The van der Waals surface area contributed by atoms with Crippen LogP contribution in [0.25, 0.3) is 10.9 Å². The van der Waals surface area contributed by atoms with Crippen molar-refractivity contribution in [1.82, 2.24) is 9.97 Å². The number of alkyl halides is 3. The van der Waals surface area contributed by atoms with E-state index in [1.165, 1.54) is 31.7 Å². The average molecular weight is 575 g/mol. The van der Waals surface area contributed by atoms with E-state index in [0.717, 1.165) is 24.1 Å². The summed E-state index contributed by atoms with van der Waals surface area (Å²) >= 11 is 0.929. The van der Waals surface area contributed by atoms with Crippen LogP contribution in [-0.4, -0.2) is 50.5 Å². The summed E-state index contributed by atoms with van der Waals surface area (Å²) in [4.78, 5) is 22.4. The molecule has 0 spiro atoms. The summed E-state index contributed by atoms with van der Waals surface area (Å²) in [6.07, 6.45) is -4.67. The lowest BCUT2D eigenvalue weighted by Gasteiger charge is -2.23. The second-order valence-electron chi connectivity index (χ2n) is 8.11. The third kappa shape index (κ3) is 6.85. The minimum atomic E-state index is -4.67. The number of methoxy groups -OCH3 is 3. The highest BCUT2D eigenvalue weighted by Gasteiger charge is 2.32. The molecule has 0 aliphatic rings. The summed E-state index contributed by atoms with van der Waals surface area (Å²) in [5.41, 5.74) is -0.142. The van der Waals surface area contributed by atoms with Gasteiger partial charge in [-0.2, -0.15) is 23.1 Å². The fourth-order valence-corrected chi connectivity index (χ4v) is 4.57. The maximum atomic E-state index is 13.6. The standard InChI is InChI=1S/C27H25F3N4O5S/c1-36-12-13-39-20-15-17(27(28,29)30)14-18(16-20)31-26(35)34(19-8-5-4-6-9-19)40-24-23-21(32-25(33-24)38-3)10-7-11-22(23)37-2/h4-11,14-16H,12-13H2,1-3H3,(H,31,35). The number of halogens is 3. The van der Waals surface area contributed by atoms with E-state index in [4.69, 9.17) is 18.9 Å². The number of hydrogen-bond donors (Lipinski definition) is 1. The predicted molar refractivity (Wildman–Crippen MR) is 145 cm³/mol. The molecule has 1 aromatic heterocycles. The molecule has 0 bridgehead atoms. The molecule has 1 heterocycles. The van der Waals surface area contributed by atoms with Crippen molar-refractivity contribution in [3.8, 4) is 17.5 Å². The number of carbonyl (C=O) groups is 1. The average Bonchev–Trinajstić information content (AvgIpc) is 2.95. The molecule has 2 amide bonds. The summed E-state index contributed by atoms with van der Waals surface area (Å²) in [6, 6.07) is 16.1. The number of amides is 2. The van der Waals surface area contributed by atoms with Crippen LogP contribution in [-0.2, 0) is 10.9 Å². The van der Waals surface area contributed by atoms with Crippen molar-refractivity contribution < 1.29 is 36.9 Å². The van der Waals surface area contributed by atoms with E-state index in [-0.39, 0.29) is 30.7 Å². The van der Waals surface area contributed by atoms with Gasteiger partial charge in [-0.1, -0.05) is 24.3 Å². The molecule has 0 atom stereocenters. The highest BCUT2D eigenvalue weighted by molar-refractivity contribution is 8.01. The van der Waals surface area contributed by atoms with Gasteiger partial charge in [0.15, 0.2) is 0 Å². The Hall–Kier alpha value is -4.23. The van der Waals surface area contributed by atoms with Crippen molar-refractivity contribution in [2.75, 3.05) is 44.2 Å². The molecule has 3 aromatic carbocycles. The highest BCUT2D eigenvalue weighted by Crippen LogP contribution is 2.39. The van der Waals surface area contributed by atoms with Crippen molar-refractivity contribution in [1.29, 1.82) is 0 Å². The molecule has 1 N–H and O–H groups in total. The van der Waals surface area contributed by atoms with Crippen LogP contribution < -0.4 is 23.8 Å². The monoisotopic (exact) mass is 574 g/mol. The minimum Gasteiger partial charge on any atom is -0.496 e. The molecule has 4 rings (SSSR count). The van der Waals surface area contributed by atoms with E-state index >= 15 is 0 Å². The van der Waals surface area contributed by atoms with Crippen LogP contribution in [0, 0.1) is 0 Å². The number of para-hydroxylation sites is 1. The van der Waals surface area contributed by atoms with Crippen LogP contribution in [0.4, 0.5) is 29.3 Å². The van der Waals surface area contributed by atoms with Crippen LogP contribution in [0.3, 0.4) is 0 Å². The van der Waals surface area contributed by atoms with E-state index in [1.807, 2.05) is 0 Å². The van der Waals surface area contributed by atoms with E-state index in [0.29, 0.717) is 27.4 Å². The van der Waals surface area contributed by atoms with Gasteiger partial charge >= 0.3 is 18.2 Å². The minimum absolute atomic E-state index is 0.0294. The number of aromatic nitrogens is 2. The smallest absolute Gasteiger partial charge is 0.416 e. The van der Waals surface area contributed by atoms with Gasteiger partial charge in [-0.15, -0.1) is 0 Å². The first-order chi connectivity index (χ1) is 19.2. The number of nitrogens with one attached hydrogen (secondary N) is 1. The number of nitrogens with zero attached hydrogens (tertiary/aromatic N) is 3. The normalized spacial score (nSPS) is 11.2. The second-order valence-corrected chi connectivity index (χ2v) is 9.04. The Morgan fingerprint density at radius 3 is 2.40 bits per heavy atom. The van der Waals surface area contributed by atoms with Crippen molar-refractivity contribution in [2.24, 2.45) is 0 Å². The summed E-state index contributed by atoms with van der Waals surface area (Å²) in [6.45, 7) is 0.206. The number of carbonyl (C=O) groups excluding carboxylic acids is 1. The Morgan fingerprint density at radius 1 is 0.950 bits per heavy atom. The van der Waals surface area contributed by atoms with Crippen molar-refractivity contribution in [3.63, 3.8) is 0 Å². The first-order valence-corrected chi connectivity index (χ1v) is 12.6. The summed E-state index contributed by atoms with van der Waals surface area (Å²) < 4.78 is 63.2.